The van der Waals surface area contributed by atoms with E-state index in [-0.39, 0.29) is 23.2 Å². The van der Waals surface area contributed by atoms with Crippen molar-refractivity contribution in [2.24, 2.45) is 11.8 Å². The van der Waals surface area contributed by atoms with Crippen molar-refractivity contribution in [2.45, 2.75) is 117 Å². The topological polar surface area (TPSA) is 65.0 Å². The van der Waals surface area contributed by atoms with Crippen LogP contribution in [0.1, 0.15) is 62.3 Å². The summed E-state index contributed by atoms with van der Waals surface area (Å²) in [6.45, 7) is 27.5. The van der Waals surface area contributed by atoms with E-state index in [4.69, 9.17) is 13.6 Å². The summed E-state index contributed by atoms with van der Waals surface area (Å²) in [7, 11) is -2.39. The molecule has 0 aliphatic heterocycles. The molecule has 0 fully saturated rings. The lowest BCUT2D eigenvalue weighted by Crippen LogP contribution is -2.49. The first-order chi connectivity index (χ1) is 15.1. The minimum atomic E-state index is -2.08. The second kappa shape index (κ2) is 13.4. The van der Waals surface area contributed by atoms with Gasteiger partial charge in [0.25, 0.3) is 0 Å². The Morgan fingerprint density at radius 2 is 1.55 bits per heavy atom. The number of carboxylic acids is 1. The fourth-order valence-corrected chi connectivity index (χ4v) is 8.26. The maximum absolute atomic E-state index is 12.0. The minimum absolute atomic E-state index is 0.00452. The van der Waals surface area contributed by atoms with Crippen molar-refractivity contribution in [2.75, 3.05) is 7.11 Å². The predicted molar refractivity (Wildman–Crippen MR) is 145 cm³/mol. The molecular weight excluding hydrogens is 448 g/mol. The van der Waals surface area contributed by atoms with Crippen LogP contribution < -0.4 is 0 Å². The van der Waals surface area contributed by atoms with Gasteiger partial charge in [0.2, 0.25) is 0 Å². The highest BCUT2D eigenvalue weighted by Crippen LogP contribution is 2.39. The van der Waals surface area contributed by atoms with Crippen LogP contribution in [-0.2, 0) is 18.4 Å². The van der Waals surface area contributed by atoms with Crippen LogP contribution >= 0.6 is 0 Å². The molecule has 0 heterocycles. The monoisotopic (exact) mass is 500 g/mol. The molecule has 0 aromatic rings. The lowest BCUT2D eigenvalue weighted by Gasteiger charge is -2.42. The molecule has 0 aliphatic rings. The van der Waals surface area contributed by atoms with Crippen molar-refractivity contribution in [1.29, 1.82) is 0 Å². The third-order valence-electron chi connectivity index (χ3n) is 7.71. The van der Waals surface area contributed by atoms with Gasteiger partial charge in [-0.1, -0.05) is 60.6 Å². The second-order valence-corrected chi connectivity index (χ2v) is 20.4. The lowest BCUT2D eigenvalue weighted by molar-refractivity contribution is -0.143. The van der Waals surface area contributed by atoms with Gasteiger partial charge in [0, 0.05) is 13.0 Å². The van der Waals surface area contributed by atoms with Crippen LogP contribution in [0.5, 0.6) is 0 Å². The zero-order valence-corrected chi connectivity index (χ0v) is 25.5. The van der Waals surface area contributed by atoms with E-state index in [0.717, 1.165) is 23.7 Å². The molecular formula is C26H52O5Si2. The quantitative estimate of drug-likeness (QED) is 0.189. The van der Waals surface area contributed by atoms with Gasteiger partial charge in [0.1, 0.15) is 6.10 Å². The highest BCUT2D eigenvalue weighted by molar-refractivity contribution is 6.74. The van der Waals surface area contributed by atoms with E-state index < -0.39 is 34.6 Å². The summed E-state index contributed by atoms with van der Waals surface area (Å²) in [5.41, 5.74) is 0.951. The zero-order valence-electron chi connectivity index (χ0n) is 23.5. The molecule has 0 bridgehead atoms. The van der Waals surface area contributed by atoms with Gasteiger partial charge in [0.05, 0.1) is 18.1 Å². The highest BCUT2D eigenvalue weighted by Gasteiger charge is 2.42. The van der Waals surface area contributed by atoms with Crippen LogP contribution in [-0.4, -0.2) is 53.1 Å². The van der Waals surface area contributed by atoms with Gasteiger partial charge in [-0.3, -0.25) is 4.79 Å². The average Bonchev–Trinajstić information content (AvgIpc) is 2.73. The van der Waals surface area contributed by atoms with Crippen molar-refractivity contribution >= 4 is 22.6 Å². The molecule has 0 amide bonds. The van der Waals surface area contributed by atoms with Gasteiger partial charge < -0.3 is 18.7 Å². The van der Waals surface area contributed by atoms with Crippen molar-refractivity contribution in [1.82, 2.24) is 0 Å². The third-order valence-corrected chi connectivity index (χ3v) is 16.8. The maximum Gasteiger partial charge on any atom is 0.309 e. The number of ether oxygens (including phenoxy) is 1. The number of carboxylic acid groups (broad SMARTS) is 1. The maximum atomic E-state index is 12.0. The summed E-state index contributed by atoms with van der Waals surface area (Å²) in [6.07, 6.45) is 3.01. The summed E-state index contributed by atoms with van der Waals surface area (Å²) < 4.78 is 19.3. The van der Waals surface area contributed by atoms with Crippen LogP contribution in [0.15, 0.2) is 24.3 Å². The van der Waals surface area contributed by atoms with E-state index in [2.05, 4.69) is 74.2 Å². The average molecular weight is 501 g/mol. The summed E-state index contributed by atoms with van der Waals surface area (Å²) >= 11 is 0. The van der Waals surface area contributed by atoms with E-state index in [1.54, 1.807) is 20.1 Å². The standard InChI is InChI=1S/C26H52O5Si2/c1-14-22(29-11)24(30-32(12,13)26(8,9)10)20(6)18-19(5)23(21(7)25(27)28)31-33(15-2,16-3)17-4/h14,18,20-24H,1,15-17H2,2-13H3,(H,27,28)/b19-18-/t20-,21+,22+,23+,24+/m1/s1. The van der Waals surface area contributed by atoms with Crippen LogP contribution in [0.25, 0.3) is 0 Å². The van der Waals surface area contributed by atoms with E-state index in [9.17, 15) is 9.90 Å². The Kier molecular flexibility index (Phi) is 13.1. The van der Waals surface area contributed by atoms with Crippen molar-refractivity contribution < 1.29 is 23.5 Å². The first-order valence-corrected chi connectivity index (χ1v) is 17.9. The van der Waals surface area contributed by atoms with Gasteiger partial charge in [-0.05, 0) is 55.7 Å². The molecule has 0 rings (SSSR count). The normalized spacial score (nSPS) is 18.4. The van der Waals surface area contributed by atoms with Crippen molar-refractivity contribution in [3.05, 3.63) is 24.3 Å². The van der Waals surface area contributed by atoms with Gasteiger partial charge in [0.15, 0.2) is 16.6 Å². The number of carbonyl (C=O) groups is 1. The zero-order chi connectivity index (χ0) is 26.2. The van der Waals surface area contributed by atoms with E-state index in [1.807, 2.05) is 6.92 Å². The summed E-state index contributed by atoms with van der Waals surface area (Å²) in [5.74, 6) is -1.46. The summed E-state index contributed by atoms with van der Waals surface area (Å²) in [5, 5.41) is 9.88. The first-order valence-electron chi connectivity index (χ1n) is 12.5. The van der Waals surface area contributed by atoms with Crippen LogP contribution in [0.4, 0.5) is 0 Å². The number of rotatable bonds is 15. The Morgan fingerprint density at radius 1 is 1.06 bits per heavy atom. The number of aliphatic carboxylic acids is 1. The van der Waals surface area contributed by atoms with Crippen molar-refractivity contribution in [3.63, 3.8) is 0 Å². The number of hydrogen-bond acceptors (Lipinski definition) is 4. The molecule has 1 N–H and O–H groups in total. The Balaban J connectivity index is 6.27. The number of methoxy groups -OCH3 is 1. The van der Waals surface area contributed by atoms with E-state index in [1.165, 1.54) is 0 Å². The molecule has 0 saturated heterocycles. The van der Waals surface area contributed by atoms with Gasteiger partial charge in [-0.15, -0.1) is 6.58 Å². The fraction of sp³-hybridized carbons (Fsp3) is 0.808. The van der Waals surface area contributed by atoms with Crippen molar-refractivity contribution in [3.8, 4) is 0 Å². The SMILES string of the molecule is C=C[C@H](OC)[C@@H](O[Si](C)(C)C(C)(C)C)[C@H](C)/C=C(/C)[C@H](O[Si](CC)(CC)CC)[C@H](C)C(=O)O. The molecule has 5 atom stereocenters. The molecule has 0 radical (unpaired) electrons. The largest absolute Gasteiger partial charge is 0.481 e. The van der Waals surface area contributed by atoms with Gasteiger partial charge in [-0.2, -0.15) is 0 Å². The highest BCUT2D eigenvalue weighted by atomic mass is 28.4. The molecule has 5 nitrogen and oxygen atoms in total. The van der Waals surface area contributed by atoms with E-state index in [0.29, 0.717) is 0 Å². The fourth-order valence-electron chi connectivity index (χ4n) is 3.95. The second-order valence-electron chi connectivity index (χ2n) is 11.0. The molecule has 0 spiro atoms. The van der Waals surface area contributed by atoms with Gasteiger partial charge in [-0.25, -0.2) is 0 Å². The third kappa shape index (κ3) is 8.77. The molecule has 0 aliphatic carbocycles. The predicted octanol–water partition coefficient (Wildman–Crippen LogP) is 7.27. The smallest absolute Gasteiger partial charge is 0.309 e. The first kappa shape index (κ1) is 32.3. The Labute approximate surface area is 206 Å². The molecule has 194 valence electrons. The molecule has 0 unspecified atom stereocenters. The number of hydrogen-bond donors (Lipinski definition) is 1. The summed E-state index contributed by atoms with van der Waals surface area (Å²) in [6, 6.07) is 2.93. The molecule has 33 heavy (non-hydrogen) atoms. The van der Waals surface area contributed by atoms with E-state index >= 15 is 0 Å². The Hall–Kier alpha value is -0.736. The Morgan fingerprint density at radius 3 is 1.88 bits per heavy atom. The van der Waals surface area contributed by atoms with Crippen LogP contribution in [0, 0.1) is 11.8 Å². The summed E-state index contributed by atoms with van der Waals surface area (Å²) in [4.78, 5) is 12.0. The molecule has 7 heteroatoms. The van der Waals surface area contributed by atoms with Crippen LogP contribution in [0.2, 0.25) is 36.3 Å². The molecule has 0 aromatic carbocycles. The molecule has 0 saturated carbocycles. The Bertz CT molecular complexity index is 641. The molecule has 0 aromatic heterocycles. The van der Waals surface area contributed by atoms with Crippen LogP contribution in [0.3, 0.4) is 0 Å². The minimum Gasteiger partial charge on any atom is -0.481 e. The lowest BCUT2D eigenvalue weighted by atomic mass is 9.92. The van der Waals surface area contributed by atoms with Gasteiger partial charge >= 0.3 is 5.97 Å².